The van der Waals surface area contributed by atoms with Crippen molar-refractivity contribution < 1.29 is 19.1 Å². The third kappa shape index (κ3) is 2.81. The number of cyclic esters (lactones) is 1. The summed E-state index contributed by atoms with van der Waals surface area (Å²) >= 11 is 0. The van der Waals surface area contributed by atoms with E-state index in [0.29, 0.717) is 6.42 Å². The van der Waals surface area contributed by atoms with Crippen LogP contribution in [0.4, 0.5) is 0 Å². The number of hydrogen-bond acceptors (Lipinski definition) is 6. The van der Waals surface area contributed by atoms with Crippen molar-refractivity contribution >= 4 is 17.7 Å². The molecule has 3 unspecified atom stereocenters. The molecule has 0 aromatic carbocycles. The van der Waals surface area contributed by atoms with E-state index in [9.17, 15) is 9.59 Å². The van der Waals surface area contributed by atoms with E-state index in [1.807, 2.05) is 0 Å². The Morgan fingerprint density at radius 1 is 1.76 bits per heavy atom. The first-order valence-electron chi connectivity index (χ1n) is 5.36. The fourth-order valence-corrected chi connectivity index (χ4v) is 1.69. The summed E-state index contributed by atoms with van der Waals surface area (Å²) in [5.74, 6) is -3.46. The molecule has 6 heteroatoms. The maximum atomic E-state index is 11.4. The van der Waals surface area contributed by atoms with E-state index in [-0.39, 0.29) is 18.4 Å². The summed E-state index contributed by atoms with van der Waals surface area (Å²) in [4.78, 5) is 22.8. The highest BCUT2D eigenvalue weighted by Gasteiger charge is 2.40. The van der Waals surface area contributed by atoms with Crippen LogP contribution in [0.3, 0.4) is 0 Å². The first kappa shape index (κ1) is 13.2. The van der Waals surface area contributed by atoms with Crippen LogP contribution in [0.1, 0.15) is 20.3 Å². The van der Waals surface area contributed by atoms with Gasteiger partial charge in [0.05, 0.1) is 24.3 Å². The van der Waals surface area contributed by atoms with Gasteiger partial charge >= 0.3 is 11.9 Å². The third-order valence-electron chi connectivity index (χ3n) is 2.51. The van der Waals surface area contributed by atoms with Crippen molar-refractivity contribution in [3.63, 3.8) is 0 Å². The van der Waals surface area contributed by atoms with Gasteiger partial charge in [0.15, 0.2) is 5.92 Å². The molecule has 6 nitrogen and oxygen atoms in total. The highest BCUT2D eigenvalue weighted by Crippen LogP contribution is 2.24. The highest BCUT2D eigenvalue weighted by molar-refractivity contribution is 6.11. The van der Waals surface area contributed by atoms with Gasteiger partial charge in [0, 0.05) is 6.42 Å². The predicted molar refractivity (Wildman–Crippen MR) is 57.1 cm³/mol. The van der Waals surface area contributed by atoms with Crippen LogP contribution >= 0.6 is 0 Å². The van der Waals surface area contributed by atoms with Crippen LogP contribution in [0.25, 0.3) is 0 Å². The Morgan fingerprint density at radius 3 is 2.82 bits per heavy atom. The summed E-state index contributed by atoms with van der Waals surface area (Å²) in [5.41, 5.74) is -0.236. The van der Waals surface area contributed by atoms with E-state index in [0.717, 1.165) is 0 Å². The molecule has 1 rings (SSSR count). The van der Waals surface area contributed by atoms with Crippen LogP contribution in [-0.2, 0) is 19.1 Å². The van der Waals surface area contributed by atoms with E-state index in [1.54, 1.807) is 19.9 Å². The predicted octanol–water partition coefficient (Wildman–Crippen LogP) is 0.661. The Labute approximate surface area is 99.0 Å². The topological polar surface area (TPSA) is 100 Å². The van der Waals surface area contributed by atoms with Crippen LogP contribution in [0.2, 0.25) is 0 Å². The zero-order chi connectivity index (χ0) is 13.0. The molecule has 1 heterocycles. The number of nitriles is 1. The second-order valence-electron chi connectivity index (χ2n) is 3.81. The lowest BCUT2D eigenvalue weighted by Crippen LogP contribution is -2.32. The summed E-state index contributed by atoms with van der Waals surface area (Å²) in [6.45, 7) is 3.45. The Morgan fingerprint density at radius 2 is 2.41 bits per heavy atom. The molecule has 92 valence electrons. The van der Waals surface area contributed by atoms with E-state index in [2.05, 4.69) is 4.74 Å². The van der Waals surface area contributed by atoms with Gasteiger partial charge in [-0.05, 0) is 13.8 Å². The Balaban J connectivity index is 2.77. The molecule has 0 amide bonds. The number of rotatable bonds is 4. The quantitative estimate of drug-likeness (QED) is 0.572. The molecule has 1 saturated heterocycles. The molecule has 0 bridgehead atoms. The highest BCUT2D eigenvalue weighted by atomic mass is 16.6. The van der Waals surface area contributed by atoms with Gasteiger partial charge < -0.3 is 14.9 Å². The van der Waals surface area contributed by atoms with E-state index >= 15 is 0 Å². The molecule has 3 atom stereocenters. The monoisotopic (exact) mass is 238 g/mol. The summed E-state index contributed by atoms with van der Waals surface area (Å²) < 4.78 is 9.57. The number of nitrogens with zero attached hydrogens (tertiary/aromatic N) is 1. The summed E-state index contributed by atoms with van der Waals surface area (Å²) in [6.07, 6.45) is 0.0456. The SMILES string of the molecule is CCOC(=O)C(C#N)C(=N)C1CC(C)OC1=O. The van der Waals surface area contributed by atoms with Gasteiger partial charge in [0.25, 0.3) is 0 Å². The van der Waals surface area contributed by atoms with Crippen molar-refractivity contribution in [2.24, 2.45) is 11.8 Å². The Bertz CT molecular complexity index is 385. The first-order valence-corrected chi connectivity index (χ1v) is 5.36. The fourth-order valence-electron chi connectivity index (χ4n) is 1.69. The van der Waals surface area contributed by atoms with Crippen molar-refractivity contribution in [2.75, 3.05) is 6.61 Å². The van der Waals surface area contributed by atoms with Crippen molar-refractivity contribution in [3.05, 3.63) is 0 Å². The van der Waals surface area contributed by atoms with Gasteiger partial charge in [0.1, 0.15) is 6.10 Å². The van der Waals surface area contributed by atoms with Gasteiger partial charge in [-0.2, -0.15) is 5.26 Å². The molecule has 0 aliphatic carbocycles. The average Bonchev–Trinajstić information content (AvgIpc) is 2.59. The van der Waals surface area contributed by atoms with E-state index < -0.39 is 23.8 Å². The molecule has 1 aliphatic heterocycles. The molecule has 1 fully saturated rings. The number of ether oxygens (including phenoxy) is 2. The van der Waals surface area contributed by atoms with Crippen molar-refractivity contribution in [1.82, 2.24) is 0 Å². The van der Waals surface area contributed by atoms with E-state index in [4.69, 9.17) is 15.4 Å². The molecular formula is C11H14N2O4. The van der Waals surface area contributed by atoms with Gasteiger partial charge in [0.2, 0.25) is 0 Å². The zero-order valence-electron chi connectivity index (χ0n) is 9.73. The fraction of sp³-hybridized carbons (Fsp3) is 0.636. The molecule has 0 spiro atoms. The molecule has 1 N–H and O–H groups in total. The van der Waals surface area contributed by atoms with Crippen molar-refractivity contribution in [1.29, 1.82) is 10.7 Å². The first-order chi connectivity index (χ1) is 8.01. The van der Waals surface area contributed by atoms with Crippen LogP contribution in [0.5, 0.6) is 0 Å². The number of hydrogen-bond donors (Lipinski definition) is 1. The minimum Gasteiger partial charge on any atom is -0.465 e. The maximum absolute atomic E-state index is 11.4. The Hall–Kier alpha value is -1.90. The number of carbonyl (C=O) groups excluding carboxylic acids is 2. The second kappa shape index (κ2) is 5.43. The normalized spacial score (nSPS) is 24.6. The summed E-state index contributed by atoms with van der Waals surface area (Å²) in [5, 5.41) is 16.6. The smallest absolute Gasteiger partial charge is 0.329 e. The average molecular weight is 238 g/mol. The minimum absolute atomic E-state index is 0.135. The molecule has 17 heavy (non-hydrogen) atoms. The van der Waals surface area contributed by atoms with Crippen molar-refractivity contribution in [2.45, 2.75) is 26.4 Å². The van der Waals surface area contributed by atoms with E-state index in [1.165, 1.54) is 0 Å². The van der Waals surface area contributed by atoms with Crippen LogP contribution < -0.4 is 0 Å². The molecule has 0 aromatic rings. The molecule has 0 aromatic heterocycles. The second-order valence-corrected chi connectivity index (χ2v) is 3.81. The van der Waals surface area contributed by atoms with Gasteiger partial charge in [-0.15, -0.1) is 0 Å². The lowest BCUT2D eigenvalue weighted by Gasteiger charge is -2.12. The minimum atomic E-state index is -1.32. The largest absolute Gasteiger partial charge is 0.465 e. The van der Waals surface area contributed by atoms with Crippen molar-refractivity contribution in [3.8, 4) is 6.07 Å². The van der Waals surface area contributed by atoms with Crippen LogP contribution in [-0.4, -0.2) is 30.4 Å². The molecule has 0 saturated carbocycles. The third-order valence-corrected chi connectivity index (χ3v) is 2.51. The standard InChI is InChI=1S/C11H14N2O4/c1-3-16-10(14)8(5-12)9(13)7-4-6(2)17-11(7)15/h6-8,13H,3-4H2,1-2H3. The maximum Gasteiger partial charge on any atom is 0.329 e. The van der Waals surface area contributed by atoms with Gasteiger partial charge in [-0.25, -0.2) is 0 Å². The number of nitrogens with one attached hydrogen (secondary N) is 1. The van der Waals surface area contributed by atoms with Gasteiger partial charge in [-0.1, -0.05) is 0 Å². The van der Waals surface area contributed by atoms with Crippen LogP contribution in [0.15, 0.2) is 0 Å². The molecular weight excluding hydrogens is 224 g/mol. The molecule has 0 radical (unpaired) electrons. The number of esters is 2. The van der Waals surface area contributed by atoms with Crippen LogP contribution in [0, 0.1) is 28.6 Å². The number of carbonyl (C=O) groups is 2. The summed E-state index contributed by atoms with van der Waals surface area (Å²) in [6, 6.07) is 1.69. The Kier molecular flexibility index (Phi) is 4.21. The molecule has 1 aliphatic rings. The lowest BCUT2D eigenvalue weighted by molar-refractivity contribution is -0.144. The zero-order valence-corrected chi connectivity index (χ0v) is 9.73. The van der Waals surface area contributed by atoms with Gasteiger partial charge in [-0.3, -0.25) is 9.59 Å². The summed E-state index contributed by atoms with van der Waals surface area (Å²) in [7, 11) is 0. The lowest BCUT2D eigenvalue weighted by atomic mass is 9.90.